The minimum absolute atomic E-state index is 0. The monoisotopic (exact) mass is 384 g/mol. The van der Waals surface area contributed by atoms with Crippen molar-refractivity contribution in [3.63, 3.8) is 0 Å². The van der Waals surface area contributed by atoms with Crippen LogP contribution in [0.25, 0.3) is 12.2 Å². The van der Waals surface area contributed by atoms with Gasteiger partial charge in [0.2, 0.25) is 0 Å². The molecule has 0 aliphatic carbocycles. The average molecular weight is 384 g/mol. The molecule has 0 saturated heterocycles. The Kier molecular flexibility index (Phi) is 9.63. The van der Waals surface area contributed by atoms with Gasteiger partial charge < -0.3 is 9.11 Å². The molecule has 0 aliphatic rings. The Bertz CT molecular complexity index is 860. The van der Waals surface area contributed by atoms with E-state index >= 15 is 0 Å². The quantitative estimate of drug-likeness (QED) is 0.299. The second-order valence-corrected chi connectivity index (χ2v) is 7.01. The summed E-state index contributed by atoms with van der Waals surface area (Å²) in [6.07, 6.45) is 2.55. The molecule has 10 heteroatoms. The molecule has 0 unspecified atom stereocenters. The summed E-state index contributed by atoms with van der Waals surface area (Å²) in [5.74, 6) is 0. The standard InChI is InChI=1S/C14H12O6S2.2Na/c15-21(16,17)13-7-3-1-5-11(13)9-10-12-6-2-4-8-14(12)22(18,19)20;;/h1-10H,(H,15,16,17)(H,18,19,20);;/q;2*+1/p-2/b10-9+;;. The van der Waals surface area contributed by atoms with Crippen LogP contribution >= 0.6 is 0 Å². The van der Waals surface area contributed by atoms with Crippen molar-refractivity contribution in [1.82, 2.24) is 0 Å². The minimum Gasteiger partial charge on any atom is -0.744 e. The Morgan fingerprint density at radius 1 is 0.625 bits per heavy atom. The zero-order valence-electron chi connectivity index (χ0n) is 13.0. The fourth-order valence-electron chi connectivity index (χ4n) is 1.87. The summed E-state index contributed by atoms with van der Waals surface area (Å²) in [6.45, 7) is 0. The maximum Gasteiger partial charge on any atom is 1.00 e. The Morgan fingerprint density at radius 2 is 0.917 bits per heavy atom. The van der Waals surface area contributed by atoms with Crippen molar-refractivity contribution in [2.24, 2.45) is 0 Å². The van der Waals surface area contributed by atoms with E-state index in [1.165, 1.54) is 48.6 Å². The van der Waals surface area contributed by atoms with E-state index in [4.69, 9.17) is 0 Å². The molecule has 6 nitrogen and oxygen atoms in total. The second kappa shape index (κ2) is 9.63. The van der Waals surface area contributed by atoms with Gasteiger partial charge in [0.25, 0.3) is 0 Å². The Labute approximate surface area is 185 Å². The molecule has 0 heterocycles. The largest absolute Gasteiger partial charge is 1.00 e. The van der Waals surface area contributed by atoms with E-state index in [1.54, 1.807) is 0 Å². The van der Waals surface area contributed by atoms with E-state index < -0.39 is 30.0 Å². The number of benzene rings is 2. The first-order chi connectivity index (χ1) is 10.2. The predicted octanol–water partition coefficient (Wildman–Crippen LogP) is -4.33. The summed E-state index contributed by atoms with van der Waals surface area (Å²) in [5, 5.41) is 0. The summed E-state index contributed by atoms with van der Waals surface area (Å²) in [6, 6.07) is 11.0. The van der Waals surface area contributed by atoms with Crippen LogP contribution in [0.15, 0.2) is 58.3 Å². The van der Waals surface area contributed by atoms with E-state index in [9.17, 15) is 25.9 Å². The molecule has 0 saturated carbocycles. The smallest absolute Gasteiger partial charge is 0.744 e. The maximum atomic E-state index is 11.2. The van der Waals surface area contributed by atoms with Gasteiger partial charge >= 0.3 is 59.1 Å². The average Bonchev–Trinajstić information content (AvgIpc) is 2.44. The van der Waals surface area contributed by atoms with Gasteiger partial charge in [0, 0.05) is 0 Å². The molecule has 0 aromatic heterocycles. The molecule has 0 amide bonds. The van der Waals surface area contributed by atoms with Gasteiger partial charge in [0.1, 0.15) is 20.2 Å². The van der Waals surface area contributed by atoms with Gasteiger partial charge in [0.15, 0.2) is 0 Å². The van der Waals surface area contributed by atoms with Gasteiger partial charge in [-0.3, -0.25) is 0 Å². The molecule has 0 radical (unpaired) electrons. The van der Waals surface area contributed by atoms with E-state index in [2.05, 4.69) is 0 Å². The van der Waals surface area contributed by atoms with E-state index in [0.717, 1.165) is 12.1 Å². The first kappa shape index (κ1) is 24.0. The number of hydrogen-bond donors (Lipinski definition) is 0. The van der Waals surface area contributed by atoms with Crippen LogP contribution in [0.5, 0.6) is 0 Å². The molecule has 0 fully saturated rings. The van der Waals surface area contributed by atoms with Crippen LogP contribution < -0.4 is 59.1 Å². The molecule has 0 atom stereocenters. The maximum absolute atomic E-state index is 11.2. The van der Waals surface area contributed by atoms with Crippen molar-refractivity contribution < 1.29 is 85.1 Å². The summed E-state index contributed by atoms with van der Waals surface area (Å²) in [4.78, 5) is -0.845. The van der Waals surface area contributed by atoms with Crippen molar-refractivity contribution in [2.75, 3.05) is 0 Å². The van der Waals surface area contributed by atoms with Crippen molar-refractivity contribution >= 4 is 32.4 Å². The fraction of sp³-hybridized carbons (Fsp3) is 0. The molecular weight excluding hydrogens is 374 g/mol. The fourth-order valence-corrected chi connectivity index (χ4v) is 3.21. The van der Waals surface area contributed by atoms with E-state index in [-0.39, 0.29) is 70.2 Å². The zero-order valence-corrected chi connectivity index (χ0v) is 18.7. The molecular formula is C14H10Na2O6S2. The summed E-state index contributed by atoms with van der Waals surface area (Å²) in [7, 11) is -9.32. The third-order valence-corrected chi connectivity index (χ3v) is 4.64. The number of hydrogen-bond acceptors (Lipinski definition) is 6. The summed E-state index contributed by atoms with van der Waals surface area (Å²) < 4.78 is 66.9. The summed E-state index contributed by atoms with van der Waals surface area (Å²) >= 11 is 0. The van der Waals surface area contributed by atoms with Crippen LogP contribution in [0.3, 0.4) is 0 Å². The van der Waals surface area contributed by atoms with Crippen LogP contribution in [0.4, 0.5) is 0 Å². The van der Waals surface area contributed by atoms with Crippen LogP contribution in [0.2, 0.25) is 0 Å². The Hall–Kier alpha value is 0.000000000000000888. The second-order valence-electron chi connectivity index (χ2n) is 4.32. The van der Waals surface area contributed by atoms with Crippen molar-refractivity contribution in [3.05, 3.63) is 59.7 Å². The van der Waals surface area contributed by atoms with Crippen molar-refractivity contribution in [3.8, 4) is 0 Å². The van der Waals surface area contributed by atoms with Crippen LogP contribution in [-0.2, 0) is 20.2 Å². The molecule has 0 N–H and O–H groups in total. The van der Waals surface area contributed by atoms with Gasteiger partial charge in [-0.15, -0.1) is 0 Å². The van der Waals surface area contributed by atoms with E-state index in [0.29, 0.717) is 0 Å². The van der Waals surface area contributed by atoms with Crippen LogP contribution in [0, 0.1) is 0 Å². The minimum atomic E-state index is -4.66. The molecule has 24 heavy (non-hydrogen) atoms. The van der Waals surface area contributed by atoms with Crippen molar-refractivity contribution in [2.45, 2.75) is 9.79 Å². The molecule has 0 aliphatic heterocycles. The summed E-state index contributed by atoms with van der Waals surface area (Å²) in [5.41, 5.74) is 0.214. The molecule has 2 rings (SSSR count). The molecule has 116 valence electrons. The SMILES string of the molecule is O=S(=O)([O-])c1ccccc1/C=C/c1ccccc1S(=O)(=O)[O-].[Na+].[Na+]. The zero-order chi connectivity index (χ0) is 16.4. The molecule has 2 aromatic rings. The third-order valence-electron chi connectivity index (χ3n) is 2.82. The van der Waals surface area contributed by atoms with Crippen LogP contribution in [0.1, 0.15) is 11.1 Å². The van der Waals surface area contributed by atoms with Gasteiger partial charge in [-0.2, -0.15) is 0 Å². The predicted molar refractivity (Wildman–Crippen MR) is 77.7 cm³/mol. The number of rotatable bonds is 4. The van der Waals surface area contributed by atoms with E-state index in [1.807, 2.05) is 0 Å². The first-order valence-electron chi connectivity index (χ1n) is 5.97. The third kappa shape index (κ3) is 6.38. The molecule has 0 bridgehead atoms. The van der Waals surface area contributed by atoms with Gasteiger partial charge in [-0.25, -0.2) is 16.8 Å². The Balaban J connectivity index is 0.00000264. The van der Waals surface area contributed by atoms with Crippen molar-refractivity contribution in [1.29, 1.82) is 0 Å². The molecule has 0 spiro atoms. The Morgan fingerprint density at radius 3 is 1.21 bits per heavy atom. The normalized spacial score (nSPS) is 11.6. The van der Waals surface area contributed by atoms with Gasteiger partial charge in [-0.1, -0.05) is 48.6 Å². The van der Waals surface area contributed by atoms with Crippen LogP contribution in [-0.4, -0.2) is 25.9 Å². The first-order valence-corrected chi connectivity index (χ1v) is 8.79. The van der Waals surface area contributed by atoms with Gasteiger partial charge in [-0.05, 0) is 23.3 Å². The molecule has 2 aromatic carbocycles. The topological polar surface area (TPSA) is 114 Å². The van der Waals surface area contributed by atoms with Gasteiger partial charge in [0.05, 0.1) is 9.79 Å².